The lowest BCUT2D eigenvalue weighted by Crippen LogP contribution is -2.45. The molecule has 0 spiro atoms. The normalized spacial score (nSPS) is 14.2. The molecule has 1 fully saturated rings. The zero-order chi connectivity index (χ0) is 48.4. The number of halogens is 4. The lowest BCUT2D eigenvalue weighted by Gasteiger charge is -2.18. The van der Waals surface area contributed by atoms with Gasteiger partial charge in [-0.25, -0.2) is 19.6 Å². The number of guanidine groups is 1. The molecule has 0 radical (unpaired) electrons. The Morgan fingerprint density at radius 3 is 2.06 bits per heavy atom. The van der Waals surface area contributed by atoms with E-state index in [0.717, 1.165) is 32.9 Å². The van der Waals surface area contributed by atoms with Crippen molar-refractivity contribution in [3.8, 4) is 0 Å². The standard InChI is InChI=1S/C27H24Cl2N8O5.C17H10Cl2N4O3/c1-30-35-27(37-6-4-16(38)13-37)31-11-21(26(41)42)33-24(39)22-19(28)9-18-17(23(22)29)5-7-36(25(18)40)12-14-2-3-15-10-32-34-20(15)8-14;18-11-4-10-15(14(19)13(11)17(25)26)20-7-23(16(10)24)6-8-1-2-9-5-21-22-12(9)3-8/h2-3,5,7-10,16,21,38H,4,6,11-13H2,(H,31,35)(H,32,34)(H,33,39)(H,41,42);1-5,7H,6H2,(H,21,22)(H,25,26)/t16-,21-;/m0./s1. The van der Waals surface area contributed by atoms with E-state index >= 15 is 0 Å². The number of H-pyrrole nitrogens is 2. The van der Waals surface area contributed by atoms with E-state index in [4.69, 9.17) is 53.0 Å². The average molecular weight is 1000 g/mol. The number of amides is 1. The zero-order valence-corrected chi connectivity index (χ0v) is 37.9. The number of aliphatic hydroxyl groups is 1. The first-order valence-electron chi connectivity index (χ1n) is 20.2. The molecule has 24 heteroatoms. The zero-order valence-electron chi connectivity index (χ0n) is 34.9. The fourth-order valence-electron chi connectivity index (χ4n) is 7.58. The minimum atomic E-state index is -1.49. The summed E-state index contributed by atoms with van der Waals surface area (Å²) in [7, 11) is 0. The Labute approximate surface area is 402 Å². The van der Waals surface area contributed by atoms with Gasteiger partial charge in [-0.1, -0.05) is 76.1 Å². The van der Waals surface area contributed by atoms with Crippen molar-refractivity contribution < 1.29 is 29.7 Å². The van der Waals surface area contributed by atoms with Crippen molar-refractivity contribution in [3.05, 3.63) is 154 Å². The van der Waals surface area contributed by atoms with Crippen molar-refractivity contribution in [1.82, 2.24) is 50.2 Å². The van der Waals surface area contributed by atoms with E-state index < -0.39 is 36.5 Å². The Kier molecular flexibility index (Phi) is 13.6. The number of pyridine rings is 1. The van der Waals surface area contributed by atoms with Crippen LogP contribution >= 0.6 is 46.4 Å². The third-order valence-electron chi connectivity index (χ3n) is 11.0. The van der Waals surface area contributed by atoms with Crippen LogP contribution in [0.1, 0.15) is 38.3 Å². The van der Waals surface area contributed by atoms with Crippen molar-refractivity contribution in [3.63, 3.8) is 0 Å². The molecule has 8 aromatic rings. The molecule has 68 heavy (non-hydrogen) atoms. The van der Waals surface area contributed by atoms with Gasteiger partial charge in [-0.2, -0.15) is 21.7 Å². The molecule has 9 rings (SSSR count). The quantitative estimate of drug-likeness (QED) is 0.0382. The first kappa shape index (κ1) is 47.0. The van der Waals surface area contributed by atoms with Crippen LogP contribution in [0.4, 0.5) is 0 Å². The number of carbonyl (C=O) groups excluding carboxylic acids is 1. The number of aromatic nitrogens is 7. The van der Waals surface area contributed by atoms with Gasteiger partial charge in [0.05, 0.1) is 103 Å². The maximum absolute atomic E-state index is 13.3. The average Bonchev–Trinajstić information content (AvgIpc) is 4.08. The van der Waals surface area contributed by atoms with E-state index in [-0.39, 0.29) is 89.6 Å². The van der Waals surface area contributed by atoms with Gasteiger partial charge in [-0.3, -0.25) is 29.1 Å². The van der Waals surface area contributed by atoms with E-state index in [1.165, 1.54) is 27.6 Å². The van der Waals surface area contributed by atoms with Crippen molar-refractivity contribution in [2.75, 3.05) is 19.6 Å². The summed E-state index contributed by atoms with van der Waals surface area (Å²) in [6.07, 6.45) is 6.20. The summed E-state index contributed by atoms with van der Waals surface area (Å²) in [6, 6.07) is 14.1. The Bertz CT molecular complexity index is 3530. The Morgan fingerprint density at radius 1 is 0.838 bits per heavy atom. The number of aromatic amines is 2. The number of hydrogen-bond donors (Lipinski definition) is 7. The molecule has 1 aliphatic rings. The Balaban J connectivity index is 0.000000205. The van der Waals surface area contributed by atoms with Crippen LogP contribution in [0, 0.1) is 6.57 Å². The molecule has 20 nitrogen and oxygen atoms in total. The fraction of sp³-hybridized carbons (Fsp3) is 0.182. The molecule has 1 amide bonds. The second kappa shape index (κ2) is 19.7. The van der Waals surface area contributed by atoms with Crippen molar-refractivity contribution in [1.29, 1.82) is 0 Å². The summed E-state index contributed by atoms with van der Waals surface area (Å²) in [5.41, 5.74) is 4.72. The number of carbonyl (C=O) groups is 3. The van der Waals surface area contributed by atoms with E-state index in [0.29, 0.717) is 13.0 Å². The highest BCUT2D eigenvalue weighted by Crippen LogP contribution is 2.33. The van der Waals surface area contributed by atoms with E-state index in [2.05, 4.69) is 46.1 Å². The van der Waals surface area contributed by atoms with Crippen LogP contribution in [0.2, 0.25) is 20.1 Å². The van der Waals surface area contributed by atoms with E-state index in [1.807, 2.05) is 36.4 Å². The highest BCUT2D eigenvalue weighted by molar-refractivity contribution is 6.44. The van der Waals surface area contributed by atoms with Crippen LogP contribution < -0.4 is 21.9 Å². The maximum Gasteiger partial charge on any atom is 0.338 e. The second-order valence-electron chi connectivity index (χ2n) is 15.4. The number of nitrogens with zero attached hydrogens (tertiary/aromatic N) is 8. The topological polar surface area (TPSA) is 270 Å². The van der Waals surface area contributed by atoms with Gasteiger partial charge in [-0.05, 0) is 47.9 Å². The minimum Gasteiger partial charge on any atom is -0.480 e. The lowest BCUT2D eigenvalue weighted by molar-refractivity contribution is -0.138. The third-order valence-corrected chi connectivity index (χ3v) is 12.3. The van der Waals surface area contributed by atoms with Crippen LogP contribution in [0.15, 0.2) is 94.1 Å². The molecule has 1 saturated heterocycles. The number of carboxylic acid groups (broad SMARTS) is 2. The predicted octanol–water partition coefficient (Wildman–Crippen LogP) is 5.59. The summed E-state index contributed by atoms with van der Waals surface area (Å²) in [6.45, 7) is 7.86. The number of benzene rings is 4. The highest BCUT2D eigenvalue weighted by atomic mass is 35.5. The molecule has 0 aliphatic carbocycles. The van der Waals surface area contributed by atoms with Crippen molar-refractivity contribution >= 4 is 114 Å². The van der Waals surface area contributed by atoms with Crippen LogP contribution in [0.25, 0.3) is 48.4 Å². The van der Waals surface area contributed by atoms with Gasteiger partial charge in [0.1, 0.15) is 6.04 Å². The third kappa shape index (κ3) is 9.65. The summed E-state index contributed by atoms with van der Waals surface area (Å²) in [4.78, 5) is 75.5. The number of carboxylic acids is 2. The molecular formula is C44H34Cl4N12O8. The molecule has 0 unspecified atom stereocenters. The summed E-state index contributed by atoms with van der Waals surface area (Å²) in [5.74, 6) is -3.44. The summed E-state index contributed by atoms with van der Waals surface area (Å²) in [5, 5.41) is 46.9. The molecule has 346 valence electrons. The fourth-order valence-corrected chi connectivity index (χ4v) is 8.93. The summed E-state index contributed by atoms with van der Waals surface area (Å²) >= 11 is 25.1. The number of aromatic carboxylic acids is 1. The highest BCUT2D eigenvalue weighted by Gasteiger charge is 2.28. The predicted molar refractivity (Wildman–Crippen MR) is 255 cm³/mol. The number of fused-ring (bicyclic) bond motifs is 4. The number of aliphatic imine (C=N–C) groups is 1. The van der Waals surface area contributed by atoms with Gasteiger partial charge in [0.25, 0.3) is 23.0 Å². The molecule has 1 aliphatic heterocycles. The molecule has 7 N–H and O–H groups in total. The molecule has 4 aromatic heterocycles. The number of aliphatic carboxylic acids is 1. The molecule has 2 atom stereocenters. The largest absolute Gasteiger partial charge is 0.480 e. The van der Waals surface area contributed by atoms with Gasteiger partial charge < -0.3 is 30.1 Å². The van der Waals surface area contributed by atoms with Crippen molar-refractivity contribution in [2.45, 2.75) is 31.7 Å². The Hall–Kier alpha value is -7.54. The van der Waals surface area contributed by atoms with Gasteiger partial charge in [0.15, 0.2) is 0 Å². The molecule has 5 heterocycles. The van der Waals surface area contributed by atoms with Gasteiger partial charge in [0.2, 0.25) is 0 Å². The number of rotatable bonds is 10. The molecular weight excluding hydrogens is 966 g/mol. The number of β-amino-alcohol motifs (C(OH)–C–C–N with tert-alkyl or cyclic N) is 1. The van der Waals surface area contributed by atoms with Crippen molar-refractivity contribution in [2.24, 2.45) is 4.99 Å². The van der Waals surface area contributed by atoms with Crippen LogP contribution in [0.5, 0.6) is 0 Å². The minimum absolute atomic E-state index is 0.0876. The first-order valence-corrected chi connectivity index (χ1v) is 21.7. The number of nitrogens with one attached hydrogen (secondary N) is 4. The lowest BCUT2D eigenvalue weighted by atomic mass is 10.1. The number of hydrogen-bond acceptors (Lipinski definition) is 10. The maximum atomic E-state index is 13.3. The molecule has 0 saturated carbocycles. The summed E-state index contributed by atoms with van der Waals surface area (Å²) < 4.78 is 2.89. The Morgan fingerprint density at radius 2 is 1.46 bits per heavy atom. The first-order chi connectivity index (χ1) is 32.6. The van der Waals surface area contributed by atoms with Gasteiger partial charge in [0, 0.05) is 35.4 Å². The number of aliphatic hydroxyl groups excluding tert-OH is 1. The van der Waals surface area contributed by atoms with Gasteiger partial charge in [-0.15, -0.1) is 0 Å². The van der Waals surface area contributed by atoms with Crippen LogP contribution in [0.3, 0.4) is 0 Å². The van der Waals surface area contributed by atoms with Crippen LogP contribution in [-0.4, -0.2) is 110 Å². The molecule has 4 aromatic carbocycles. The van der Waals surface area contributed by atoms with Crippen LogP contribution in [-0.2, 0) is 17.9 Å². The van der Waals surface area contributed by atoms with E-state index in [9.17, 15) is 39.3 Å². The second-order valence-corrected chi connectivity index (χ2v) is 17.0. The van der Waals surface area contributed by atoms with E-state index in [1.54, 1.807) is 29.6 Å². The molecule has 0 bridgehead atoms. The smallest absolute Gasteiger partial charge is 0.338 e. The van der Waals surface area contributed by atoms with Gasteiger partial charge >= 0.3 is 11.9 Å². The number of likely N-dealkylation sites (tertiary alicyclic amines) is 1. The monoisotopic (exact) mass is 998 g/mol. The SMILES string of the molecule is O=C(O)c1c(Cl)cc2c(=O)n(Cc3ccc4cn[nH]c4c3)cnc2c1Cl.[C-]#[N+]NC(=NC[C@H](NC(=O)c1c(Cl)cc2c(=O)n(Cc3ccc4cn[nH]c4c3)ccc2c1Cl)C(=O)O)N1CC[C@H](O)C1.